The van der Waals surface area contributed by atoms with E-state index < -0.39 is 0 Å². The van der Waals surface area contributed by atoms with Crippen molar-refractivity contribution in [2.45, 2.75) is 32.2 Å². The summed E-state index contributed by atoms with van der Waals surface area (Å²) in [7, 11) is 0. The van der Waals surface area contributed by atoms with Gasteiger partial charge in [-0.15, -0.1) is 0 Å². The van der Waals surface area contributed by atoms with Gasteiger partial charge in [-0.1, -0.05) is 13.3 Å². The fourth-order valence-electron chi connectivity index (χ4n) is 1.67. The highest BCUT2D eigenvalue weighted by molar-refractivity contribution is 5.34. The highest BCUT2D eigenvalue weighted by Crippen LogP contribution is 2.24. The largest absolute Gasteiger partial charge is 0.386 e. The number of hydrogen-bond donors (Lipinski definition) is 1. The molecule has 0 saturated heterocycles. The number of nitrogens with zero attached hydrogens (tertiary/aromatic N) is 2. The second kappa shape index (κ2) is 4.52. The summed E-state index contributed by atoms with van der Waals surface area (Å²) in [5, 5.41) is 20.1. The van der Waals surface area contributed by atoms with Gasteiger partial charge in [0.05, 0.1) is 0 Å². The van der Waals surface area contributed by atoms with Crippen LogP contribution in [0.1, 0.15) is 26.2 Å². The molecule has 1 aliphatic rings. The first-order valence-corrected chi connectivity index (χ1v) is 4.54. The fraction of sp³-hybridized carbons (Fsp3) is 0.600. The average molecular weight is 175 g/mol. The first-order valence-electron chi connectivity index (χ1n) is 4.54. The fourth-order valence-corrected chi connectivity index (χ4v) is 1.67. The molecule has 0 aromatic carbocycles. The van der Waals surface area contributed by atoms with Crippen LogP contribution >= 0.6 is 0 Å². The minimum Gasteiger partial charge on any atom is -0.386 e. The molecule has 0 aromatic rings. The van der Waals surface area contributed by atoms with Crippen molar-refractivity contribution < 1.29 is 0 Å². The lowest BCUT2D eigenvalue weighted by Crippen LogP contribution is -2.26. The Bertz CT molecular complexity index is 264. The van der Waals surface area contributed by atoms with E-state index in [1.807, 2.05) is 12.1 Å². The van der Waals surface area contributed by atoms with Crippen molar-refractivity contribution in [1.29, 1.82) is 10.5 Å². The standard InChI is InChI=1S/C10H13N3/c1-8-3-2-4-10(8)13-7-9(5-11)6-12/h7-8,10,13H,2-4H2,1H3. The van der Waals surface area contributed by atoms with Crippen LogP contribution in [0.15, 0.2) is 11.8 Å². The van der Waals surface area contributed by atoms with Crippen molar-refractivity contribution in [1.82, 2.24) is 5.32 Å². The van der Waals surface area contributed by atoms with E-state index in [-0.39, 0.29) is 5.57 Å². The summed E-state index contributed by atoms with van der Waals surface area (Å²) in [6.07, 6.45) is 5.15. The van der Waals surface area contributed by atoms with Crippen molar-refractivity contribution in [2.24, 2.45) is 5.92 Å². The van der Waals surface area contributed by atoms with Gasteiger partial charge in [0, 0.05) is 12.2 Å². The molecule has 1 rings (SSSR count). The minimum atomic E-state index is 0.152. The zero-order valence-electron chi connectivity index (χ0n) is 7.75. The normalized spacial score (nSPS) is 25.8. The van der Waals surface area contributed by atoms with Gasteiger partial charge in [-0.25, -0.2) is 0 Å². The zero-order chi connectivity index (χ0) is 9.68. The van der Waals surface area contributed by atoms with Crippen LogP contribution in [0.25, 0.3) is 0 Å². The molecule has 2 unspecified atom stereocenters. The molecule has 3 heteroatoms. The first kappa shape index (κ1) is 9.61. The third kappa shape index (κ3) is 2.49. The highest BCUT2D eigenvalue weighted by Gasteiger charge is 2.21. The van der Waals surface area contributed by atoms with Crippen LogP contribution in [-0.4, -0.2) is 6.04 Å². The van der Waals surface area contributed by atoms with Gasteiger partial charge in [-0.05, 0) is 18.8 Å². The second-order valence-corrected chi connectivity index (χ2v) is 3.46. The van der Waals surface area contributed by atoms with Crippen molar-refractivity contribution in [3.8, 4) is 12.1 Å². The summed E-state index contributed by atoms with van der Waals surface area (Å²) in [4.78, 5) is 0. The number of allylic oxidation sites excluding steroid dienone is 1. The molecule has 0 aromatic heterocycles. The Hall–Kier alpha value is -1.48. The molecule has 1 N–H and O–H groups in total. The molecule has 0 aliphatic heterocycles. The quantitative estimate of drug-likeness (QED) is 0.650. The zero-order valence-corrected chi connectivity index (χ0v) is 7.75. The van der Waals surface area contributed by atoms with E-state index in [4.69, 9.17) is 10.5 Å². The van der Waals surface area contributed by atoms with Crippen LogP contribution < -0.4 is 5.32 Å². The van der Waals surface area contributed by atoms with Crippen molar-refractivity contribution in [3.63, 3.8) is 0 Å². The summed E-state index contributed by atoms with van der Waals surface area (Å²) in [6, 6.07) is 4.10. The van der Waals surface area contributed by atoms with Crippen LogP contribution in [0.3, 0.4) is 0 Å². The highest BCUT2D eigenvalue weighted by atomic mass is 14.9. The van der Waals surface area contributed by atoms with Gasteiger partial charge in [0.25, 0.3) is 0 Å². The van der Waals surface area contributed by atoms with E-state index in [1.165, 1.54) is 19.0 Å². The Morgan fingerprint density at radius 3 is 2.54 bits per heavy atom. The molecule has 0 bridgehead atoms. The SMILES string of the molecule is CC1CCCC1NC=C(C#N)C#N. The molecule has 0 radical (unpaired) electrons. The molecular weight excluding hydrogens is 162 g/mol. The molecule has 3 nitrogen and oxygen atoms in total. The number of nitrogens with one attached hydrogen (secondary N) is 1. The Balaban J connectivity index is 2.47. The molecule has 1 saturated carbocycles. The summed E-state index contributed by atoms with van der Waals surface area (Å²) in [6.45, 7) is 2.19. The molecule has 2 atom stereocenters. The van der Waals surface area contributed by atoms with E-state index >= 15 is 0 Å². The van der Waals surface area contributed by atoms with Crippen LogP contribution in [0.4, 0.5) is 0 Å². The van der Waals surface area contributed by atoms with Gasteiger partial charge >= 0.3 is 0 Å². The molecule has 1 aliphatic carbocycles. The third-order valence-electron chi connectivity index (χ3n) is 2.54. The minimum absolute atomic E-state index is 0.152. The van der Waals surface area contributed by atoms with E-state index in [0.717, 1.165) is 6.42 Å². The number of nitriles is 2. The van der Waals surface area contributed by atoms with Crippen LogP contribution in [-0.2, 0) is 0 Å². The van der Waals surface area contributed by atoms with Crippen molar-refractivity contribution in [2.75, 3.05) is 0 Å². The van der Waals surface area contributed by atoms with Gasteiger partial charge in [0.15, 0.2) is 0 Å². The van der Waals surface area contributed by atoms with Crippen LogP contribution in [0.2, 0.25) is 0 Å². The van der Waals surface area contributed by atoms with Crippen LogP contribution in [0.5, 0.6) is 0 Å². The summed E-state index contributed by atoms with van der Waals surface area (Å²) in [5.41, 5.74) is 0.152. The maximum Gasteiger partial charge on any atom is 0.145 e. The number of rotatable bonds is 2. The first-order chi connectivity index (χ1) is 6.27. The second-order valence-electron chi connectivity index (χ2n) is 3.46. The van der Waals surface area contributed by atoms with E-state index in [1.54, 1.807) is 0 Å². The Morgan fingerprint density at radius 2 is 2.08 bits per heavy atom. The summed E-state index contributed by atoms with van der Waals surface area (Å²) >= 11 is 0. The van der Waals surface area contributed by atoms with Crippen LogP contribution in [0, 0.1) is 28.6 Å². The summed E-state index contributed by atoms with van der Waals surface area (Å²) in [5.74, 6) is 0.648. The molecule has 0 heterocycles. The molecule has 68 valence electrons. The van der Waals surface area contributed by atoms with Gasteiger partial charge < -0.3 is 5.32 Å². The van der Waals surface area contributed by atoms with E-state index in [9.17, 15) is 0 Å². The number of hydrogen-bond acceptors (Lipinski definition) is 3. The maximum absolute atomic E-state index is 8.49. The monoisotopic (exact) mass is 175 g/mol. The third-order valence-corrected chi connectivity index (χ3v) is 2.54. The molecule has 0 spiro atoms. The molecular formula is C10H13N3. The lowest BCUT2D eigenvalue weighted by Gasteiger charge is -2.14. The Morgan fingerprint density at radius 1 is 1.38 bits per heavy atom. The van der Waals surface area contributed by atoms with Gasteiger partial charge in [-0.3, -0.25) is 0 Å². The van der Waals surface area contributed by atoms with Crippen molar-refractivity contribution >= 4 is 0 Å². The summed E-state index contributed by atoms with van der Waals surface area (Å²) < 4.78 is 0. The molecule has 1 fully saturated rings. The van der Waals surface area contributed by atoms with E-state index in [2.05, 4.69) is 12.2 Å². The lowest BCUT2D eigenvalue weighted by atomic mass is 10.1. The average Bonchev–Trinajstić information content (AvgIpc) is 2.54. The molecule has 13 heavy (non-hydrogen) atoms. The van der Waals surface area contributed by atoms with E-state index in [0.29, 0.717) is 12.0 Å². The smallest absolute Gasteiger partial charge is 0.145 e. The Kier molecular flexibility index (Phi) is 3.34. The van der Waals surface area contributed by atoms with Gasteiger partial charge in [0.1, 0.15) is 17.7 Å². The van der Waals surface area contributed by atoms with Gasteiger partial charge in [0.2, 0.25) is 0 Å². The topological polar surface area (TPSA) is 59.6 Å². The van der Waals surface area contributed by atoms with Crippen molar-refractivity contribution in [3.05, 3.63) is 11.8 Å². The lowest BCUT2D eigenvalue weighted by molar-refractivity contribution is 0.473. The predicted molar refractivity (Wildman–Crippen MR) is 49.2 cm³/mol. The molecule has 0 amide bonds. The maximum atomic E-state index is 8.49. The van der Waals surface area contributed by atoms with Gasteiger partial charge in [-0.2, -0.15) is 10.5 Å². The predicted octanol–water partition coefficient (Wildman–Crippen LogP) is 1.70. The Labute approximate surface area is 78.7 Å².